The van der Waals surface area contributed by atoms with Crippen LogP contribution >= 0.6 is 11.8 Å². The van der Waals surface area contributed by atoms with Crippen molar-refractivity contribution >= 4 is 29.0 Å². The average Bonchev–Trinajstić information content (AvgIpc) is 3.07. The predicted molar refractivity (Wildman–Crippen MR) is 114 cm³/mol. The van der Waals surface area contributed by atoms with Gasteiger partial charge in [0.2, 0.25) is 5.91 Å². The molecule has 0 saturated carbocycles. The molecule has 0 fully saturated rings. The van der Waals surface area contributed by atoms with E-state index in [1.54, 1.807) is 4.57 Å². The van der Waals surface area contributed by atoms with Gasteiger partial charge in [-0.15, -0.1) is 10.2 Å². The summed E-state index contributed by atoms with van der Waals surface area (Å²) in [4.78, 5) is 22.3. The molecule has 0 aliphatic rings. The van der Waals surface area contributed by atoms with Crippen LogP contribution < -0.4 is 10.1 Å². The first kappa shape index (κ1) is 21.3. The monoisotopic (exact) mass is 427 g/mol. The topological polar surface area (TPSA) is 112 Å². The summed E-state index contributed by atoms with van der Waals surface area (Å²) in [6.07, 6.45) is 0. The number of anilines is 1. The Bertz CT molecular complexity index is 1070. The molecule has 3 rings (SSSR count). The Morgan fingerprint density at radius 3 is 2.63 bits per heavy atom. The number of non-ortho nitro benzene ring substituents is 1. The highest BCUT2D eigenvalue weighted by Gasteiger charge is 2.13. The lowest BCUT2D eigenvalue weighted by Crippen LogP contribution is -2.14. The van der Waals surface area contributed by atoms with Gasteiger partial charge in [0.25, 0.3) is 5.69 Å². The molecule has 1 aromatic heterocycles. The first-order chi connectivity index (χ1) is 14.3. The van der Waals surface area contributed by atoms with Gasteiger partial charge in [0, 0.05) is 24.9 Å². The standard InChI is InChI=1S/C20H21N5O4S/c1-13-5-4-6-17(14(13)2)29-11-18-22-23-20(24(18)3)30-12-19(26)21-15-7-9-16(10-8-15)25(27)28/h4-10H,11-12H2,1-3H3,(H,21,26). The number of hydrogen-bond acceptors (Lipinski definition) is 7. The Morgan fingerprint density at radius 1 is 1.20 bits per heavy atom. The molecule has 2 aromatic carbocycles. The van der Waals surface area contributed by atoms with Crippen LogP contribution in [0.4, 0.5) is 11.4 Å². The minimum atomic E-state index is -0.489. The van der Waals surface area contributed by atoms with Crippen molar-refractivity contribution in [3.8, 4) is 5.75 Å². The highest BCUT2D eigenvalue weighted by molar-refractivity contribution is 7.99. The Balaban J connectivity index is 1.53. The smallest absolute Gasteiger partial charge is 0.269 e. The maximum Gasteiger partial charge on any atom is 0.269 e. The van der Waals surface area contributed by atoms with Gasteiger partial charge in [-0.05, 0) is 43.2 Å². The summed E-state index contributed by atoms with van der Waals surface area (Å²) >= 11 is 1.24. The van der Waals surface area contributed by atoms with Crippen molar-refractivity contribution in [3.05, 3.63) is 69.5 Å². The van der Waals surface area contributed by atoms with Crippen LogP contribution in [-0.2, 0) is 18.4 Å². The van der Waals surface area contributed by atoms with E-state index < -0.39 is 4.92 Å². The second-order valence-corrected chi connectivity index (χ2v) is 7.53. The Morgan fingerprint density at radius 2 is 1.93 bits per heavy atom. The molecule has 30 heavy (non-hydrogen) atoms. The SMILES string of the molecule is Cc1cccc(OCc2nnc(SCC(=O)Nc3ccc([N+](=O)[O-])cc3)n2C)c1C. The number of carbonyl (C=O) groups is 1. The van der Waals surface area contributed by atoms with E-state index in [-0.39, 0.29) is 24.0 Å². The number of aromatic nitrogens is 3. The van der Waals surface area contributed by atoms with Crippen molar-refractivity contribution in [1.29, 1.82) is 0 Å². The molecule has 156 valence electrons. The zero-order chi connectivity index (χ0) is 21.7. The van der Waals surface area contributed by atoms with Crippen molar-refractivity contribution in [2.45, 2.75) is 25.6 Å². The quantitative estimate of drug-likeness (QED) is 0.332. The van der Waals surface area contributed by atoms with Crippen molar-refractivity contribution in [3.63, 3.8) is 0 Å². The molecule has 0 saturated heterocycles. The Labute approximate surface area is 177 Å². The van der Waals surface area contributed by atoms with E-state index in [1.165, 1.54) is 36.0 Å². The van der Waals surface area contributed by atoms with Crippen LogP contribution in [0.3, 0.4) is 0 Å². The number of carbonyl (C=O) groups excluding carboxylic acids is 1. The van der Waals surface area contributed by atoms with Crippen molar-refractivity contribution < 1.29 is 14.5 Å². The molecule has 3 aromatic rings. The summed E-state index contributed by atoms with van der Waals surface area (Å²) in [7, 11) is 1.82. The van der Waals surface area contributed by atoms with Crippen LogP contribution in [0.25, 0.3) is 0 Å². The fourth-order valence-corrected chi connectivity index (χ4v) is 3.34. The molecule has 0 atom stereocenters. The van der Waals surface area contributed by atoms with Crippen LogP contribution in [-0.4, -0.2) is 31.3 Å². The van der Waals surface area contributed by atoms with Gasteiger partial charge < -0.3 is 14.6 Å². The fraction of sp³-hybridized carbons (Fsp3) is 0.250. The third-order valence-electron chi connectivity index (χ3n) is 4.53. The minimum absolute atomic E-state index is 0.0305. The van der Waals surface area contributed by atoms with E-state index in [4.69, 9.17) is 4.74 Å². The highest BCUT2D eigenvalue weighted by Crippen LogP contribution is 2.22. The zero-order valence-corrected chi connectivity index (χ0v) is 17.6. The molecule has 0 spiro atoms. The molecule has 0 aliphatic heterocycles. The lowest BCUT2D eigenvalue weighted by atomic mass is 10.1. The maximum atomic E-state index is 12.2. The third-order valence-corrected chi connectivity index (χ3v) is 5.55. The van der Waals surface area contributed by atoms with Gasteiger partial charge in [-0.2, -0.15) is 0 Å². The molecule has 1 heterocycles. The van der Waals surface area contributed by atoms with Gasteiger partial charge in [-0.25, -0.2) is 0 Å². The predicted octanol–water partition coefficient (Wildman–Crippen LogP) is 3.65. The number of amides is 1. The summed E-state index contributed by atoms with van der Waals surface area (Å²) in [6, 6.07) is 11.6. The van der Waals surface area contributed by atoms with E-state index in [9.17, 15) is 14.9 Å². The van der Waals surface area contributed by atoms with Gasteiger partial charge in [-0.1, -0.05) is 23.9 Å². The van der Waals surface area contributed by atoms with Crippen molar-refractivity contribution in [1.82, 2.24) is 14.8 Å². The zero-order valence-electron chi connectivity index (χ0n) is 16.8. The summed E-state index contributed by atoms with van der Waals surface area (Å²) in [6.45, 7) is 4.30. The van der Waals surface area contributed by atoms with Crippen molar-refractivity contribution in [2.24, 2.45) is 7.05 Å². The van der Waals surface area contributed by atoms with E-state index in [0.29, 0.717) is 16.7 Å². The first-order valence-corrected chi connectivity index (χ1v) is 10.1. The largest absolute Gasteiger partial charge is 0.485 e. The maximum absolute atomic E-state index is 12.2. The molecular weight excluding hydrogens is 406 g/mol. The van der Waals surface area contributed by atoms with E-state index in [2.05, 4.69) is 15.5 Å². The summed E-state index contributed by atoms with van der Waals surface area (Å²) < 4.78 is 7.66. The number of hydrogen-bond donors (Lipinski definition) is 1. The van der Waals surface area contributed by atoms with Gasteiger partial charge >= 0.3 is 0 Å². The molecule has 0 aliphatic carbocycles. The van der Waals surface area contributed by atoms with Crippen molar-refractivity contribution in [2.75, 3.05) is 11.1 Å². The number of ether oxygens (including phenoxy) is 1. The van der Waals surface area contributed by atoms with Gasteiger partial charge in [0.1, 0.15) is 12.4 Å². The van der Waals surface area contributed by atoms with Crippen LogP contribution in [0.5, 0.6) is 5.75 Å². The third kappa shape index (κ3) is 5.15. The second kappa shape index (κ2) is 9.40. The summed E-state index contributed by atoms with van der Waals surface area (Å²) in [5.74, 6) is 1.33. The van der Waals surface area contributed by atoms with E-state index >= 15 is 0 Å². The number of thioether (sulfide) groups is 1. The molecule has 1 N–H and O–H groups in total. The number of nitro groups is 1. The van der Waals surface area contributed by atoms with E-state index in [0.717, 1.165) is 16.9 Å². The molecule has 0 radical (unpaired) electrons. The van der Waals surface area contributed by atoms with Gasteiger partial charge in [0.05, 0.1) is 10.7 Å². The lowest BCUT2D eigenvalue weighted by Gasteiger charge is -2.10. The van der Waals surface area contributed by atoms with Crippen LogP contribution in [0.2, 0.25) is 0 Å². The summed E-state index contributed by atoms with van der Waals surface area (Å²) in [5.41, 5.74) is 2.70. The lowest BCUT2D eigenvalue weighted by molar-refractivity contribution is -0.384. The average molecular weight is 427 g/mol. The Kier molecular flexibility index (Phi) is 6.68. The van der Waals surface area contributed by atoms with Crippen LogP contribution in [0.1, 0.15) is 17.0 Å². The number of nitrogens with zero attached hydrogens (tertiary/aromatic N) is 4. The molecule has 10 heteroatoms. The number of nitro benzene ring substituents is 1. The van der Waals surface area contributed by atoms with Gasteiger partial charge in [0.15, 0.2) is 11.0 Å². The van der Waals surface area contributed by atoms with Crippen LogP contribution in [0, 0.1) is 24.0 Å². The molecular formula is C20H21N5O4S. The number of nitrogens with one attached hydrogen (secondary N) is 1. The normalized spacial score (nSPS) is 10.6. The molecule has 0 unspecified atom stereocenters. The minimum Gasteiger partial charge on any atom is -0.485 e. The molecule has 1 amide bonds. The highest BCUT2D eigenvalue weighted by atomic mass is 32.2. The molecule has 9 nitrogen and oxygen atoms in total. The molecule has 0 bridgehead atoms. The number of aryl methyl sites for hydroxylation is 1. The fourth-order valence-electron chi connectivity index (χ4n) is 2.61. The first-order valence-electron chi connectivity index (χ1n) is 9.09. The Hall–Kier alpha value is -3.40. The number of benzene rings is 2. The van der Waals surface area contributed by atoms with E-state index in [1.807, 2.05) is 39.1 Å². The summed E-state index contributed by atoms with van der Waals surface area (Å²) in [5, 5.41) is 22.2. The second-order valence-electron chi connectivity index (χ2n) is 6.59. The number of rotatable bonds is 8. The van der Waals surface area contributed by atoms with Crippen LogP contribution in [0.15, 0.2) is 47.6 Å². The van der Waals surface area contributed by atoms with Gasteiger partial charge in [-0.3, -0.25) is 14.9 Å².